The molecule has 3 aromatic rings. The van der Waals surface area contributed by atoms with Crippen LogP contribution in [0, 0.1) is 6.92 Å². The summed E-state index contributed by atoms with van der Waals surface area (Å²) in [6, 6.07) is 9.96. The Morgan fingerprint density at radius 2 is 1.96 bits per heavy atom. The topological polar surface area (TPSA) is 67.0 Å². The maximum atomic E-state index is 12.3. The lowest BCUT2D eigenvalue weighted by molar-refractivity contribution is 0.0930. The van der Waals surface area contributed by atoms with E-state index < -0.39 is 0 Å². The minimum atomic E-state index is -0.107. The number of carbonyl (C=O) groups excluding carboxylic acids is 1. The molecule has 128 valence electrons. The second kappa shape index (κ2) is 5.34. The summed E-state index contributed by atoms with van der Waals surface area (Å²) in [6.07, 6.45) is 0. The van der Waals surface area contributed by atoms with Gasteiger partial charge >= 0.3 is 0 Å². The lowest BCUT2D eigenvalue weighted by atomic mass is 9.79. The van der Waals surface area contributed by atoms with Gasteiger partial charge in [0, 0.05) is 17.5 Å². The highest BCUT2D eigenvalue weighted by atomic mass is 16.5. The molecule has 1 amide bonds. The number of nitrogens with one attached hydrogen (secondary N) is 2. The number of carbonyl (C=O) groups is 1. The number of rotatable bonds is 2. The fraction of sp³-hybridized carbons (Fsp3) is 0.300. The van der Waals surface area contributed by atoms with Gasteiger partial charge in [0.15, 0.2) is 0 Å². The van der Waals surface area contributed by atoms with Crippen LogP contribution in [0.25, 0.3) is 22.4 Å². The van der Waals surface area contributed by atoms with Crippen LogP contribution in [0.15, 0.2) is 30.3 Å². The molecule has 0 saturated heterocycles. The Hall–Kier alpha value is -2.82. The highest BCUT2D eigenvalue weighted by Gasteiger charge is 2.32. The van der Waals surface area contributed by atoms with Crippen LogP contribution in [-0.4, -0.2) is 29.5 Å². The van der Waals surface area contributed by atoms with E-state index in [9.17, 15) is 4.79 Å². The van der Waals surface area contributed by atoms with Gasteiger partial charge in [-0.25, -0.2) is 4.98 Å². The monoisotopic (exact) mass is 335 g/mol. The molecule has 0 atom stereocenters. The Morgan fingerprint density at radius 1 is 1.16 bits per heavy atom. The molecule has 1 aromatic heterocycles. The maximum absolute atomic E-state index is 12.3. The first-order valence-electron chi connectivity index (χ1n) is 8.36. The average molecular weight is 335 g/mol. The van der Waals surface area contributed by atoms with Crippen molar-refractivity contribution in [3.63, 3.8) is 0 Å². The SMILES string of the molecule is COc1cc(C)ccc1-c1nc2cc3c(cc2[nH]1)C(C)(C)CNC3=O. The third-order valence-electron chi connectivity index (χ3n) is 4.90. The van der Waals surface area contributed by atoms with Crippen LogP contribution in [-0.2, 0) is 5.41 Å². The van der Waals surface area contributed by atoms with Crippen LogP contribution in [0.4, 0.5) is 0 Å². The second-order valence-corrected chi connectivity index (χ2v) is 7.27. The van der Waals surface area contributed by atoms with E-state index in [0.29, 0.717) is 12.1 Å². The average Bonchev–Trinajstić information content (AvgIpc) is 3.00. The number of hydrogen-bond donors (Lipinski definition) is 2. The molecule has 5 heteroatoms. The summed E-state index contributed by atoms with van der Waals surface area (Å²) >= 11 is 0. The first-order chi connectivity index (χ1) is 11.9. The quantitative estimate of drug-likeness (QED) is 0.752. The fourth-order valence-electron chi connectivity index (χ4n) is 3.42. The van der Waals surface area contributed by atoms with Crippen LogP contribution in [0.1, 0.15) is 35.3 Å². The van der Waals surface area contributed by atoms with Gasteiger partial charge in [0.25, 0.3) is 5.91 Å². The number of imidazole rings is 1. The Balaban J connectivity index is 1.91. The van der Waals surface area contributed by atoms with E-state index in [1.165, 1.54) is 0 Å². The number of hydrogen-bond acceptors (Lipinski definition) is 3. The summed E-state index contributed by atoms with van der Waals surface area (Å²) < 4.78 is 5.50. The summed E-state index contributed by atoms with van der Waals surface area (Å²) in [5.74, 6) is 1.49. The molecule has 0 fully saturated rings. The van der Waals surface area contributed by atoms with Crippen LogP contribution in [0.2, 0.25) is 0 Å². The van der Waals surface area contributed by atoms with E-state index >= 15 is 0 Å². The van der Waals surface area contributed by atoms with Crippen molar-refractivity contribution in [2.75, 3.05) is 13.7 Å². The first-order valence-corrected chi connectivity index (χ1v) is 8.36. The number of aryl methyl sites for hydroxylation is 1. The van der Waals surface area contributed by atoms with E-state index in [2.05, 4.69) is 30.2 Å². The van der Waals surface area contributed by atoms with E-state index in [1.807, 2.05) is 31.2 Å². The molecule has 0 bridgehead atoms. The largest absolute Gasteiger partial charge is 0.496 e. The highest BCUT2D eigenvalue weighted by molar-refractivity contribution is 6.01. The smallest absolute Gasteiger partial charge is 0.251 e. The van der Waals surface area contributed by atoms with Gasteiger partial charge in [-0.1, -0.05) is 19.9 Å². The summed E-state index contributed by atoms with van der Waals surface area (Å²) in [6.45, 7) is 6.94. The molecule has 0 unspecified atom stereocenters. The molecule has 2 aromatic carbocycles. The van der Waals surface area contributed by atoms with Crippen molar-refractivity contribution in [3.05, 3.63) is 47.0 Å². The predicted molar refractivity (Wildman–Crippen MR) is 98.2 cm³/mol. The number of aromatic nitrogens is 2. The molecule has 25 heavy (non-hydrogen) atoms. The van der Waals surface area contributed by atoms with E-state index in [-0.39, 0.29) is 11.3 Å². The molecule has 0 radical (unpaired) electrons. The molecular formula is C20H21N3O2. The summed E-state index contributed by atoms with van der Waals surface area (Å²) in [5, 5.41) is 2.96. The standard InChI is InChI=1S/C20H21N3O2/c1-11-5-6-12(17(7-11)25-4)18-22-15-8-13-14(9-16(15)23-18)20(2,3)10-21-19(13)24/h5-9H,10H2,1-4H3,(H,21,24)(H,22,23). The second-order valence-electron chi connectivity index (χ2n) is 7.27. The maximum Gasteiger partial charge on any atom is 0.251 e. The molecule has 0 spiro atoms. The third kappa shape index (κ3) is 2.47. The Labute approximate surface area is 146 Å². The summed E-state index contributed by atoms with van der Waals surface area (Å²) in [7, 11) is 1.66. The normalized spacial score (nSPS) is 15.8. The minimum Gasteiger partial charge on any atom is -0.496 e. The van der Waals surface area contributed by atoms with Gasteiger partial charge in [-0.2, -0.15) is 0 Å². The minimum absolute atomic E-state index is 0.0336. The van der Waals surface area contributed by atoms with Crippen molar-refractivity contribution < 1.29 is 9.53 Å². The zero-order valence-electron chi connectivity index (χ0n) is 14.9. The number of fused-ring (bicyclic) bond motifs is 2. The number of aromatic amines is 1. The molecular weight excluding hydrogens is 314 g/mol. The van der Waals surface area contributed by atoms with Crippen molar-refractivity contribution >= 4 is 16.9 Å². The Kier molecular flexibility index (Phi) is 3.35. The van der Waals surface area contributed by atoms with Crippen molar-refractivity contribution in [1.29, 1.82) is 0 Å². The summed E-state index contributed by atoms with van der Waals surface area (Å²) in [5.41, 5.74) is 5.40. The van der Waals surface area contributed by atoms with E-state index in [1.54, 1.807) is 7.11 Å². The lowest BCUT2D eigenvalue weighted by Gasteiger charge is -2.32. The number of ether oxygens (including phenoxy) is 1. The van der Waals surface area contributed by atoms with E-state index in [4.69, 9.17) is 9.72 Å². The number of H-pyrrole nitrogens is 1. The Morgan fingerprint density at radius 3 is 2.72 bits per heavy atom. The van der Waals surface area contributed by atoms with Crippen molar-refractivity contribution in [3.8, 4) is 17.1 Å². The number of benzene rings is 2. The number of nitrogens with zero attached hydrogens (tertiary/aromatic N) is 1. The number of methoxy groups -OCH3 is 1. The van der Waals surface area contributed by atoms with Crippen LogP contribution in [0.5, 0.6) is 5.75 Å². The first kappa shape index (κ1) is 15.7. The van der Waals surface area contributed by atoms with Gasteiger partial charge in [-0.15, -0.1) is 0 Å². The molecule has 2 N–H and O–H groups in total. The van der Waals surface area contributed by atoms with Gasteiger partial charge in [0.2, 0.25) is 0 Å². The predicted octanol–water partition coefficient (Wildman–Crippen LogP) is 3.57. The van der Waals surface area contributed by atoms with Gasteiger partial charge in [0.1, 0.15) is 11.6 Å². The zero-order valence-corrected chi connectivity index (χ0v) is 14.9. The fourth-order valence-corrected chi connectivity index (χ4v) is 3.42. The summed E-state index contributed by atoms with van der Waals surface area (Å²) in [4.78, 5) is 20.3. The molecule has 1 aliphatic heterocycles. The van der Waals surface area contributed by atoms with Crippen molar-refractivity contribution in [1.82, 2.24) is 15.3 Å². The van der Waals surface area contributed by atoms with Gasteiger partial charge in [-0.3, -0.25) is 4.79 Å². The Bertz CT molecular complexity index is 1000. The molecule has 0 saturated carbocycles. The molecule has 4 rings (SSSR count). The number of amides is 1. The van der Waals surface area contributed by atoms with Gasteiger partial charge in [-0.05, 0) is 42.3 Å². The molecule has 1 aliphatic rings. The molecule has 5 nitrogen and oxygen atoms in total. The zero-order chi connectivity index (χ0) is 17.8. The van der Waals surface area contributed by atoms with Gasteiger partial charge < -0.3 is 15.0 Å². The van der Waals surface area contributed by atoms with Crippen molar-refractivity contribution in [2.24, 2.45) is 0 Å². The lowest BCUT2D eigenvalue weighted by Crippen LogP contribution is -2.43. The molecule has 2 heterocycles. The molecule has 0 aliphatic carbocycles. The van der Waals surface area contributed by atoms with Gasteiger partial charge in [0.05, 0.1) is 23.7 Å². The third-order valence-corrected chi connectivity index (χ3v) is 4.90. The van der Waals surface area contributed by atoms with Crippen LogP contribution < -0.4 is 10.1 Å². The van der Waals surface area contributed by atoms with E-state index in [0.717, 1.165) is 39.3 Å². The van der Waals surface area contributed by atoms with Crippen molar-refractivity contribution in [2.45, 2.75) is 26.2 Å². The highest BCUT2D eigenvalue weighted by Crippen LogP contribution is 2.35. The van der Waals surface area contributed by atoms with Crippen LogP contribution in [0.3, 0.4) is 0 Å². The van der Waals surface area contributed by atoms with Crippen LogP contribution >= 0.6 is 0 Å².